The average molecular weight is 392 g/mol. The second-order valence-corrected chi connectivity index (χ2v) is 8.38. The van der Waals surface area contributed by atoms with Gasteiger partial charge in [-0.15, -0.1) is 11.3 Å². The van der Waals surface area contributed by atoms with Crippen LogP contribution in [0.4, 0.5) is 0 Å². The lowest BCUT2D eigenvalue weighted by Gasteiger charge is -2.37. The molecular formula is C22H20N2O3S. The summed E-state index contributed by atoms with van der Waals surface area (Å²) in [7, 11) is 0. The van der Waals surface area contributed by atoms with Crippen molar-refractivity contribution in [1.82, 2.24) is 9.88 Å². The van der Waals surface area contributed by atoms with Gasteiger partial charge in [-0.25, -0.2) is 9.78 Å². The van der Waals surface area contributed by atoms with Gasteiger partial charge in [-0.1, -0.05) is 30.3 Å². The van der Waals surface area contributed by atoms with Crippen LogP contribution < -0.4 is 0 Å². The van der Waals surface area contributed by atoms with Gasteiger partial charge in [-0.2, -0.15) is 0 Å². The highest BCUT2D eigenvalue weighted by Gasteiger charge is 2.38. The van der Waals surface area contributed by atoms with Crippen LogP contribution in [0.5, 0.6) is 0 Å². The maximum Gasteiger partial charge on any atom is 0.339 e. The number of ether oxygens (including phenoxy) is 1. The van der Waals surface area contributed by atoms with Crippen molar-refractivity contribution in [2.45, 2.75) is 37.8 Å². The molecule has 0 saturated carbocycles. The highest BCUT2D eigenvalue weighted by atomic mass is 32.1. The number of rotatable bonds is 2. The van der Waals surface area contributed by atoms with Crippen LogP contribution in [0.2, 0.25) is 0 Å². The van der Waals surface area contributed by atoms with Gasteiger partial charge in [0.25, 0.3) is 5.91 Å². The summed E-state index contributed by atoms with van der Waals surface area (Å²) in [5.74, 6) is -0.513. The zero-order valence-corrected chi connectivity index (χ0v) is 16.2. The van der Waals surface area contributed by atoms with Crippen molar-refractivity contribution >= 4 is 33.4 Å². The summed E-state index contributed by atoms with van der Waals surface area (Å²) >= 11 is 1.65. The van der Waals surface area contributed by atoms with Crippen molar-refractivity contribution in [2.75, 3.05) is 6.54 Å². The highest BCUT2D eigenvalue weighted by molar-refractivity contribution is 7.18. The number of piperidine rings is 1. The van der Waals surface area contributed by atoms with Crippen LogP contribution in [0.3, 0.4) is 0 Å². The van der Waals surface area contributed by atoms with E-state index in [1.807, 2.05) is 41.3 Å². The van der Waals surface area contributed by atoms with E-state index in [9.17, 15) is 9.59 Å². The molecule has 2 aliphatic rings. The highest BCUT2D eigenvalue weighted by Crippen LogP contribution is 2.36. The monoisotopic (exact) mass is 392 g/mol. The summed E-state index contributed by atoms with van der Waals surface area (Å²) in [4.78, 5) is 32.3. The number of esters is 1. The van der Waals surface area contributed by atoms with E-state index < -0.39 is 12.1 Å². The lowest BCUT2D eigenvalue weighted by Crippen LogP contribution is -2.47. The normalized spacial score (nSPS) is 22.0. The van der Waals surface area contributed by atoms with Gasteiger partial charge >= 0.3 is 5.97 Å². The van der Waals surface area contributed by atoms with Crippen molar-refractivity contribution in [3.63, 3.8) is 0 Å². The molecule has 2 unspecified atom stereocenters. The zero-order chi connectivity index (χ0) is 19.1. The van der Waals surface area contributed by atoms with E-state index in [1.54, 1.807) is 17.4 Å². The summed E-state index contributed by atoms with van der Waals surface area (Å²) < 4.78 is 6.66. The Kier molecular flexibility index (Phi) is 4.36. The van der Waals surface area contributed by atoms with Crippen molar-refractivity contribution in [3.8, 4) is 0 Å². The van der Waals surface area contributed by atoms with Gasteiger partial charge in [0.1, 0.15) is 5.01 Å². The number of likely N-dealkylation sites (tertiary alicyclic amines) is 1. The molecule has 0 aliphatic carbocycles. The number of thiazole rings is 1. The smallest absolute Gasteiger partial charge is 0.339 e. The molecule has 3 aromatic rings. The Hall–Kier alpha value is -2.73. The number of aromatic nitrogens is 1. The molecular weight excluding hydrogens is 372 g/mol. The quantitative estimate of drug-likeness (QED) is 0.615. The number of benzene rings is 2. The van der Waals surface area contributed by atoms with Crippen LogP contribution in [0, 0.1) is 0 Å². The summed E-state index contributed by atoms with van der Waals surface area (Å²) in [6.07, 6.45) is 2.60. The van der Waals surface area contributed by atoms with Crippen molar-refractivity contribution in [3.05, 3.63) is 64.7 Å². The van der Waals surface area contributed by atoms with Gasteiger partial charge in [0.2, 0.25) is 0 Å². The van der Waals surface area contributed by atoms with Gasteiger partial charge in [0.05, 0.1) is 21.8 Å². The number of carbonyl (C=O) groups excluding carboxylic acids is 2. The number of nitrogens with zero attached hydrogens (tertiary/aromatic N) is 2. The fourth-order valence-electron chi connectivity index (χ4n) is 4.14. The molecule has 142 valence electrons. The van der Waals surface area contributed by atoms with Gasteiger partial charge in [0, 0.05) is 13.0 Å². The Labute approximate surface area is 166 Å². The molecule has 0 N–H and O–H groups in total. The fourth-order valence-corrected chi connectivity index (χ4v) is 5.25. The van der Waals surface area contributed by atoms with Crippen molar-refractivity contribution in [1.29, 1.82) is 0 Å². The lowest BCUT2D eigenvalue weighted by molar-refractivity contribution is -0.145. The van der Waals surface area contributed by atoms with Gasteiger partial charge < -0.3 is 9.64 Å². The third-order valence-electron chi connectivity index (χ3n) is 5.55. The molecule has 3 heterocycles. The van der Waals surface area contributed by atoms with Gasteiger partial charge in [-0.05, 0) is 43.0 Å². The summed E-state index contributed by atoms with van der Waals surface area (Å²) in [6, 6.07) is 15.4. The summed E-state index contributed by atoms with van der Waals surface area (Å²) in [5.41, 5.74) is 2.41. The maximum atomic E-state index is 13.3. The van der Waals surface area contributed by atoms with E-state index in [4.69, 9.17) is 9.72 Å². The van der Waals surface area contributed by atoms with E-state index in [0.29, 0.717) is 18.5 Å². The first kappa shape index (κ1) is 17.4. The predicted octanol–water partition coefficient (Wildman–Crippen LogP) is 4.13. The number of carbonyl (C=O) groups is 2. The zero-order valence-electron chi connectivity index (χ0n) is 15.3. The molecule has 2 atom stereocenters. The van der Waals surface area contributed by atoms with Crippen LogP contribution in [0.15, 0.2) is 48.5 Å². The standard InChI is InChI=1S/C22H20N2O3S/c25-21(18-13-14-7-1-2-8-15(14)22(26)27-18)24-12-6-5-10-17(24)20-23-16-9-3-4-11-19(16)28-20/h1-4,7-9,11,17-18H,5-6,10,12-13H2. The minimum Gasteiger partial charge on any atom is -0.448 e. The van der Waals surface area contributed by atoms with E-state index in [1.165, 1.54) is 0 Å². The second-order valence-electron chi connectivity index (χ2n) is 7.32. The molecule has 5 rings (SSSR count). The summed E-state index contributed by atoms with van der Waals surface area (Å²) in [6.45, 7) is 0.676. The second kappa shape index (κ2) is 7.02. The van der Waals surface area contributed by atoms with Crippen LogP contribution in [0.25, 0.3) is 10.2 Å². The lowest BCUT2D eigenvalue weighted by atomic mass is 9.96. The Morgan fingerprint density at radius 3 is 2.82 bits per heavy atom. The van der Waals surface area contributed by atoms with Crippen molar-refractivity contribution < 1.29 is 14.3 Å². The third-order valence-corrected chi connectivity index (χ3v) is 6.69. The van der Waals surface area contributed by atoms with Crippen LogP contribution in [-0.4, -0.2) is 34.4 Å². The topological polar surface area (TPSA) is 59.5 Å². The molecule has 1 fully saturated rings. The Morgan fingerprint density at radius 2 is 1.93 bits per heavy atom. The van der Waals surface area contributed by atoms with Crippen molar-refractivity contribution in [2.24, 2.45) is 0 Å². The molecule has 6 heteroatoms. The minimum absolute atomic E-state index is 0.0467. The predicted molar refractivity (Wildman–Crippen MR) is 107 cm³/mol. The van der Waals surface area contributed by atoms with E-state index in [2.05, 4.69) is 6.07 Å². The average Bonchev–Trinajstić information content (AvgIpc) is 3.17. The fraction of sp³-hybridized carbons (Fsp3) is 0.318. The molecule has 28 heavy (non-hydrogen) atoms. The molecule has 1 amide bonds. The molecule has 0 spiro atoms. The van der Waals surface area contributed by atoms with Crippen LogP contribution in [-0.2, 0) is 16.0 Å². The van der Waals surface area contributed by atoms with Gasteiger partial charge in [-0.3, -0.25) is 4.79 Å². The third kappa shape index (κ3) is 2.98. The van der Waals surface area contributed by atoms with Crippen LogP contribution in [0.1, 0.15) is 46.2 Å². The number of amides is 1. The molecule has 2 aliphatic heterocycles. The molecule has 5 nitrogen and oxygen atoms in total. The van der Waals surface area contributed by atoms with Gasteiger partial charge in [0.15, 0.2) is 6.10 Å². The molecule has 0 radical (unpaired) electrons. The number of cyclic esters (lactones) is 1. The largest absolute Gasteiger partial charge is 0.448 e. The molecule has 0 bridgehead atoms. The Morgan fingerprint density at radius 1 is 1.11 bits per heavy atom. The van der Waals surface area contributed by atoms with E-state index >= 15 is 0 Å². The van der Waals surface area contributed by atoms with E-state index in [-0.39, 0.29) is 11.9 Å². The Balaban J connectivity index is 1.43. The first-order chi connectivity index (χ1) is 13.7. The number of hydrogen-bond donors (Lipinski definition) is 0. The molecule has 1 saturated heterocycles. The Bertz CT molecular complexity index is 1030. The molecule has 1 aromatic heterocycles. The SMILES string of the molecule is O=C1OC(C(=O)N2CCCCC2c2nc3ccccc3s2)Cc2ccccc21. The maximum absolute atomic E-state index is 13.3. The van der Waals surface area contributed by atoms with Crippen LogP contribution >= 0.6 is 11.3 Å². The number of fused-ring (bicyclic) bond motifs is 2. The van der Waals surface area contributed by atoms with E-state index in [0.717, 1.165) is 40.1 Å². The first-order valence-corrected chi connectivity index (χ1v) is 10.5. The summed E-state index contributed by atoms with van der Waals surface area (Å²) in [5, 5.41) is 0.969. The minimum atomic E-state index is -0.752. The number of hydrogen-bond acceptors (Lipinski definition) is 5. The first-order valence-electron chi connectivity index (χ1n) is 9.65. The number of para-hydroxylation sites is 1. The molecule has 2 aromatic carbocycles.